The number of hydrogen-bond acceptors (Lipinski definition) is 3. The summed E-state index contributed by atoms with van der Waals surface area (Å²) in [7, 11) is 0. The Morgan fingerprint density at radius 2 is 1.88 bits per heavy atom. The maximum Gasteiger partial charge on any atom is 0.291 e. The number of rotatable bonds is 6. The first-order valence-electron chi connectivity index (χ1n) is 7.79. The zero-order valence-corrected chi connectivity index (χ0v) is 14.1. The average Bonchev–Trinajstić information content (AvgIpc) is 3.05. The van der Waals surface area contributed by atoms with Crippen LogP contribution in [0.1, 0.15) is 36.4 Å². The second kappa shape index (κ2) is 8.11. The van der Waals surface area contributed by atoms with Crippen LogP contribution in [0.5, 0.6) is 0 Å². The highest BCUT2D eigenvalue weighted by atomic mass is 16.3. The van der Waals surface area contributed by atoms with Gasteiger partial charge < -0.3 is 14.5 Å². The van der Waals surface area contributed by atoms with Gasteiger partial charge in [0.2, 0.25) is 0 Å². The van der Waals surface area contributed by atoms with Crippen LogP contribution in [0.3, 0.4) is 0 Å². The first-order valence-corrected chi connectivity index (χ1v) is 7.79. The number of carbonyl (C=O) groups is 2. The third kappa shape index (κ3) is 4.56. The second-order valence-electron chi connectivity index (χ2n) is 5.59. The Labute approximate surface area is 141 Å². The summed E-state index contributed by atoms with van der Waals surface area (Å²) in [5, 5.41) is 2.78. The van der Waals surface area contributed by atoms with Crippen LogP contribution >= 0.6 is 0 Å². The van der Waals surface area contributed by atoms with Crippen LogP contribution in [-0.2, 0) is 4.79 Å². The Balaban J connectivity index is 2.12. The van der Waals surface area contributed by atoms with Crippen LogP contribution in [0.15, 0.2) is 64.2 Å². The number of aryl methyl sites for hydroxylation is 1. The number of aldehydes is 1. The monoisotopic (exact) mass is 323 g/mol. The van der Waals surface area contributed by atoms with Gasteiger partial charge in [0.05, 0.1) is 0 Å². The fourth-order valence-corrected chi connectivity index (χ4v) is 2.17. The van der Waals surface area contributed by atoms with E-state index in [-0.39, 0.29) is 11.7 Å². The lowest BCUT2D eigenvalue weighted by Crippen LogP contribution is -2.21. The third-order valence-corrected chi connectivity index (χ3v) is 3.54. The smallest absolute Gasteiger partial charge is 0.291 e. The summed E-state index contributed by atoms with van der Waals surface area (Å²) in [5.74, 6) is 0.567. The molecule has 1 amide bonds. The summed E-state index contributed by atoms with van der Waals surface area (Å²) in [6.07, 6.45) is 4.72. The van der Waals surface area contributed by atoms with Gasteiger partial charge in [-0.1, -0.05) is 41.5 Å². The molecular weight excluding hydrogens is 302 g/mol. The zero-order valence-electron chi connectivity index (χ0n) is 14.1. The van der Waals surface area contributed by atoms with Gasteiger partial charge in [0, 0.05) is 17.7 Å². The van der Waals surface area contributed by atoms with Crippen molar-refractivity contribution in [3.63, 3.8) is 0 Å². The van der Waals surface area contributed by atoms with Crippen molar-refractivity contribution >= 4 is 12.2 Å². The molecule has 0 radical (unpaired) electrons. The molecule has 0 saturated heterocycles. The second-order valence-corrected chi connectivity index (χ2v) is 5.59. The molecule has 124 valence electrons. The van der Waals surface area contributed by atoms with Gasteiger partial charge in [0.15, 0.2) is 5.76 Å². The van der Waals surface area contributed by atoms with E-state index in [4.69, 9.17) is 4.42 Å². The van der Waals surface area contributed by atoms with Gasteiger partial charge in [-0.3, -0.25) is 4.79 Å². The van der Waals surface area contributed by atoms with Crippen molar-refractivity contribution in [3.8, 4) is 11.3 Å². The Bertz CT molecular complexity index is 779. The molecule has 1 heterocycles. The Morgan fingerprint density at radius 1 is 1.17 bits per heavy atom. The van der Waals surface area contributed by atoms with E-state index in [1.54, 1.807) is 24.3 Å². The number of nitrogens with one attached hydrogen (secondary N) is 1. The highest BCUT2D eigenvalue weighted by molar-refractivity contribution is 5.93. The fraction of sp³-hybridized carbons (Fsp3) is 0.200. The van der Waals surface area contributed by atoms with E-state index in [1.165, 1.54) is 5.56 Å². The van der Waals surface area contributed by atoms with E-state index < -0.39 is 0 Å². The van der Waals surface area contributed by atoms with Crippen LogP contribution in [-0.4, -0.2) is 12.2 Å². The lowest BCUT2D eigenvalue weighted by molar-refractivity contribution is -0.107. The molecule has 2 aromatic rings. The van der Waals surface area contributed by atoms with Crippen molar-refractivity contribution in [3.05, 3.63) is 71.1 Å². The lowest BCUT2D eigenvalue weighted by atomic mass is 10.1. The van der Waals surface area contributed by atoms with Crippen molar-refractivity contribution in [2.24, 2.45) is 0 Å². The van der Waals surface area contributed by atoms with Crippen LogP contribution in [0.2, 0.25) is 0 Å². The van der Waals surface area contributed by atoms with Crippen molar-refractivity contribution in [1.29, 1.82) is 0 Å². The van der Waals surface area contributed by atoms with E-state index in [0.717, 1.165) is 17.4 Å². The Morgan fingerprint density at radius 3 is 2.50 bits per heavy atom. The molecule has 4 nitrogen and oxygen atoms in total. The number of carbonyl (C=O) groups excluding carboxylic acids is 2. The first kappa shape index (κ1) is 17.5. The molecule has 0 spiro atoms. The SMILES string of the molecule is C/C=C(\C=C(/C)CC=O)NC(=O)c1ccc(-c2ccc(C)cc2)o1. The van der Waals surface area contributed by atoms with Crippen LogP contribution in [0, 0.1) is 6.92 Å². The fourth-order valence-electron chi connectivity index (χ4n) is 2.17. The average molecular weight is 323 g/mol. The van der Waals surface area contributed by atoms with E-state index in [9.17, 15) is 9.59 Å². The van der Waals surface area contributed by atoms with Crippen LogP contribution < -0.4 is 5.32 Å². The number of hydrogen-bond donors (Lipinski definition) is 1. The molecule has 1 aromatic heterocycles. The van der Waals surface area contributed by atoms with E-state index in [1.807, 2.05) is 45.0 Å². The van der Waals surface area contributed by atoms with E-state index in [0.29, 0.717) is 17.9 Å². The topological polar surface area (TPSA) is 59.3 Å². The summed E-state index contributed by atoms with van der Waals surface area (Å²) in [5.41, 5.74) is 3.59. The van der Waals surface area contributed by atoms with Gasteiger partial charge in [0.1, 0.15) is 12.0 Å². The molecule has 0 unspecified atom stereocenters. The molecule has 0 fully saturated rings. The molecule has 1 aromatic carbocycles. The van der Waals surface area contributed by atoms with Crippen molar-refractivity contribution in [1.82, 2.24) is 5.32 Å². The number of furan rings is 1. The normalized spacial score (nSPS) is 12.1. The predicted molar refractivity (Wildman–Crippen MR) is 94.5 cm³/mol. The molecule has 24 heavy (non-hydrogen) atoms. The summed E-state index contributed by atoms with van der Waals surface area (Å²) in [4.78, 5) is 22.8. The summed E-state index contributed by atoms with van der Waals surface area (Å²) >= 11 is 0. The Kier molecular flexibility index (Phi) is 5.90. The van der Waals surface area contributed by atoms with Gasteiger partial charge in [-0.05, 0) is 39.0 Å². The molecule has 0 aliphatic carbocycles. The summed E-state index contributed by atoms with van der Waals surface area (Å²) < 4.78 is 5.65. The summed E-state index contributed by atoms with van der Waals surface area (Å²) in [6, 6.07) is 11.3. The van der Waals surface area contributed by atoms with Gasteiger partial charge in [0.25, 0.3) is 5.91 Å². The number of allylic oxidation sites excluding steroid dienone is 3. The van der Waals surface area contributed by atoms with E-state index >= 15 is 0 Å². The number of amides is 1. The number of benzene rings is 1. The molecule has 0 aliphatic rings. The van der Waals surface area contributed by atoms with Crippen molar-refractivity contribution in [2.45, 2.75) is 27.2 Å². The van der Waals surface area contributed by atoms with Crippen LogP contribution in [0.25, 0.3) is 11.3 Å². The van der Waals surface area contributed by atoms with Crippen molar-refractivity contribution in [2.75, 3.05) is 0 Å². The predicted octanol–water partition coefficient (Wildman–Crippen LogP) is 4.42. The molecule has 0 saturated carbocycles. The maximum atomic E-state index is 12.3. The molecule has 2 rings (SSSR count). The summed E-state index contributed by atoms with van der Waals surface area (Å²) in [6.45, 7) is 5.68. The van der Waals surface area contributed by atoms with Gasteiger partial charge in [-0.2, -0.15) is 0 Å². The molecule has 0 bridgehead atoms. The van der Waals surface area contributed by atoms with Gasteiger partial charge in [-0.25, -0.2) is 0 Å². The lowest BCUT2D eigenvalue weighted by Gasteiger charge is -2.05. The first-order chi connectivity index (χ1) is 11.5. The standard InChI is InChI=1S/C20H21NO3/c1-4-17(13-15(3)11-12-22)21-20(23)19-10-9-18(24-19)16-7-5-14(2)6-8-16/h4-10,12-13H,11H2,1-3H3,(H,21,23)/b15-13+,17-4+. The third-order valence-electron chi connectivity index (χ3n) is 3.54. The molecule has 0 atom stereocenters. The highest BCUT2D eigenvalue weighted by Crippen LogP contribution is 2.22. The molecule has 1 N–H and O–H groups in total. The minimum absolute atomic E-state index is 0.242. The minimum Gasteiger partial charge on any atom is -0.451 e. The maximum absolute atomic E-state index is 12.3. The molecular formula is C20H21NO3. The minimum atomic E-state index is -0.323. The zero-order chi connectivity index (χ0) is 17.5. The molecule has 4 heteroatoms. The Hall–Kier alpha value is -2.88. The van der Waals surface area contributed by atoms with Crippen molar-refractivity contribution < 1.29 is 14.0 Å². The van der Waals surface area contributed by atoms with Crippen LogP contribution in [0.4, 0.5) is 0 Å². The van der Waals surface area contributed by atoms with Gasteiger partial charge >= 0.3 is 0 Å². The highest BCUT2D eigenvalue weighted by Gasteiger charge is 2.12. The van der Waals surface area contributed by atoms with Gasteiger partial charge in [-0.15, -0.1) is 0 Å². The largest absolute Gasteiger partial charge is 0.451 e. The quantitative estimate of drug-likeness (QED) is 0.632. The van der Waals surface area contributed by atoms with E-state index in [2.05, 4.69) is 5.32 Å². The molecule has 0 aliphatic heterocycles.